The smallest absolute Gasteiger partial charge is 0.226 e. The molecule has 0 saturated carbocycles. The van der Waals surface area contributed by atoms with Gasteiger partial charge in [-0.2, -0.15) is 0 Å². The van der Waals surface area contributed by atoms with Gasteiger partial charge in [0, 0.05) is 57.6 Å². The number of hydrogen-bond donors (Lipinski definition) is 3. The maximum absolute atomic E-state index is 11.9. The van der Waals surface area contributed by atoms with Gasteiger partial charge >= 0.3 is 0 Å². The summed E-state index contributed by atoms with van der Waals surface area (Å²) in [5.74, 6) is 0.368. The lowest BCUT2D eigenvalue weighted by atomic mass is 9.91. The number of amides is 1. The SMILES string of the molecule is CNC(=O)C(C)(C)CN1CCN(Cc2cc(N)ccc2O)CC1. The summed E-state index contributed by atoms with van der Waals surface area (Å²) in [5.41, 5.74) is 6.94. The average Bonchev–Trinajstić information content (AvgIpc) is 2.51. The minimum atomic E-state index is -0.386. The number of rotatable bonds is 5. The van der Waals surface area contributed by atoms with Crippen molar-refractivity contribution in [2.24, 2.45) is 5.41 Å². The van der Waals surface area contributed by atoms with Crippen LogP contribution in [-0.2, 0) is 11.3 Å². The highest BCUT2D eigenvalue weighted by molar-refractivity contribution is 5.81. The molecule has 128 valence electrons. The first kappa shape index (κ1) is 17.6. The number of anilines is 1. The molecule has 1 heterocycles. The van der Waals surface area contributed by atoms with Crippen molar-refractivity contribution >= 4 is 11.6 Å². The molecule has 1 aliphatic heterocycles. The first-order chi connectivity index (χ1) is 10.8. The average molecular weight is 320 g/mol. The van der Waals surface area contributed by atoms with Gasteiger partial charge in [-0.05, 0) is 32.0 Å². The van der Waals surface area contributed by atoms with Crippen LogP contribution in [0.2, 0.25) is 0 Å². The molecule has 1 aromatic rings. The van der Waals surface area contributed by atoms with E-state index in [9.17, 15) is 9.90 Å². The molecule has 0 aliphatic carbocycles. The van der Waals surface area contributed by atoms with Crippen LogP contribution in [0.1, 0.15) is 19.4 Å². The fourth-order valence-corrected chi connectivity index (χ4v) is 3.05. The molecular formula is C17H28N4O2. The van der Waals surface area contributed by atoms with Gasteiger partial charge in [0.15, 0.2) is 0 Å². The lowest BCUT2D eigenvalue weighted by Gasteiger charge is -2.38. The Labute approximate surface area is 138 Å². The van der Waals surface area contributed by atoms with Crippen LogP contribution in [0.15, 0.2) is 18.2 Å². The minimum Gasteiger partial charge on any atom is -0.508 e. The van der Waals surface area contributed by atoms with Gasteiger partial charge in [0.1, 0.15) is 5.75 Å². The van der Waals surface area contributed by atoms with Crippen molar-refractivity contribution in [3.05, 3.63) is 23.8 Å². The molecule has 0 bridgehead atoms. The van der Waals surface area contributed by atoms with Gasteiger partial charge < -0.3 is 16.2 Å². The molecule has 23 heavy (non-hydrogen) atoms. The first-order valence-electron chi connectivity index (χ1n) is 8.06. The number of phenols is 1. The van der Waals surface area contributed by atoms with Crippen molar-refractivity contribution in [3.8, 4) is 5.75 Å². The van der Waals surface area contributed by atoms with Crippen LogP contribution < -0.4 is 11.1 Å². The van der Waals surface area contributed by atoms with Crippen molar-refractivity contribution in [2.45, 2.75) is 20.4 Å². The number of carbonyl (C=O) groups excluding carboxylic acids is 1. The quantitative estimate of drug-likeness (QED) is 0.554. The van der Waals surface area contributed by atoms with Crippen LogP contribution in [0.3, 0.4) is 0 Å². The standard InChI is InChI=1S/C17H28N4O2/c1-17(2,16(23)19-3)12-21-8-6-20(7-9-21)11-13-10-14(18)4-5-15(13)22/h4-5,10,22H,6-9,11-12,18H2,1-3H3,(H,19,23). The summed E-state index contributed by atoms with van der Waals surface area (Å²) in [6.07, 6.45) is 0. The van der Waals surface area contributed by atoms with Gasteiger partial charge in [-0.15, -0.1) is 0 Å². The van der Waals surface area contributed by atoms with Gasteiger partial charge in [-0.1, -0.05) is 0 Å². The molecule has 4 N–H and O–H groups in total. The number of hydrogen-bond acceptors (Lipinski definition) is 5. The molecule has 2 rings (SSSR count). The lowest BCUT2D eigenvalue weighted by Crippen LogP contribution is -2.51. The predicted octanol–water partition coefficient (Wildman–Crippen LogP) is 0.864. The number of benzene rings is 1. The summed E-state index contributed by atoms with van der Waals surface area (Å²) in [7, 11) is 1.68. The summed E-state index contributed by atoms with van der Waals surface area (Å²) >= 11 is 0. The summed E-state index contributed by atoms with van der Waals surface area (Å²) in [6, 6.07) is 5.18. The van der Waals surface area contributed by atoms with Crippen LogP contribution >= 0.6 is 0 Å². The number of nitrogens with zero attached hydrogens (tertiary/aromatic N) is 2. The minimum absolute atomic E-state index is 0.0737. The molecule has 1 aliphatic rings. The van der Waals surface area contributed by atoms with Crippen molar-refractivity contribution < 1.29 is 9.90 Å². The van der Waals surface area contributed by atoms with Crippen LogP contribution in [0.25, 0.3) is 0 Å². The Morgan fingerprint density at radius 3 is 2.48 bits per heavy atom. The molecule has 6 heteroatoms. The van der Waals surface area contributed by atoms with Crippen molar-refractivity contribution in [2.75, 3.05) is 45.5 Å². The second kappa shape index (κ2) is 7.19. The van der Waals surface area contributed by atoms with Gasteiger partial charge in [-0.3, -0.25) is 14.6 Å². The van der Waals surface area contributed by atoms with E-state index in [-0.39, 0.29) is 11.3 Å². The molecule has 0 radical (unpaired) electrons. The maximum Gasteiger partial charge on any atom is 0.226 e. The van der Waals surface area contributed by atoms with E-state index in [1.165, 1.54) is 0 Å². The molecule has 0 aromatic heterocycles. The highest BCUT2D eigenvalue weighted by atomic mass is 16.3. The number of nitrogens with one attached hydrogen (secondary N) is 1. The molecule has 1 aromatic carbocycles. The number of carbonyl (C=O) groups is 1. The summed E-state index contributed by atoms with van der Waals surface area (Å²) < 4.78 is 0. The van der Waals surface area contributed by atoms with E-state index < -0.39 is 0 Å². The van der Waals surface area contributed by atoms with Crippen LogP contribution in [-0.4, -0.2) is 60.6 Å². The lowest BCUT2D eigenvalue weighted by molar-refractivity contribution is -0.130. The van der Waals surface area contributed by atoms with E-state index in [1.807, 2.05) is 19.9 Å². The van der Waals surface area contributed by atoms with Gasteiger partial charge in [-0.25, -0.2) is 0 Å². The van der Waals surface area contributed by atoms with Gasteiger partial charge in [0.25, 0.3) is 0 Å². The summed E-state index contributed by atoms with van der Waals surface area (Å²) in [4.78, 5) is 16.5. The van der Waals surface area contributed by atoms with Crippen molar-refractivity contribution in [1.29, 1.82) is 0 Å². The number of nitrogen functional groups attached to an aromatic ring is 1. The number of aromatic hydroxyl groups is 1. The highest BCUT2D eigenvalue weighted by Crippen LogP contribution is 2.23. The molecule has 1 saturated heterocycles. The number of phenolic OH excluding ortho intramolecular Hbond substituents is 1. The van der Waals surface area contributed by atoms with E-state index in [1.54, 1.807) is 19.2 Å². The molecular weight excluding hydrogens is 292 g/mol. The first-order valence-corrected chi connectivity index (χ1v) is 8.06. The Kier molecular flexibility index (Phi) is 5.49. The van der Waals surface area contributed by atoms with Crippen molar-refractivity contribution in [3.63, 3.8) is 0 Å². The molecule has 1 amide bonds. The van der Waals surface area contributed by atoms with Crippen LogP contribution in [0, 0.1) is 5.41 Å². The zero-order valence-electron chi connectivity index (χ0n) is 14.3. The Hall–Kier alpha value is -1.79. The molecule has 0 unspecified atom stereocenters. The largest absolute Gasteiger partial charge is 0.508 e. The van der Waals surface area contributed by atoms with E-state index in [0.717, 1.165) is 38.3 Å². The topological polar surface area (TPSA) is 81.8 Å². The predicted molar refractivity (Wildman–Crippen MR) is 92.1 cm³/mol. The van der Waals surface area contributed by atoms with Crippen LogP contribution in [0.5, 0.6) is 5.75 Å². The second-order valence-electron chi connectivity index (χ2n) is 6.90. The monoisotopic (exact) mass is 320 g/mol. The third-order valence-electron chi connectivity index (χ3n) is 4.42. The molecule has 0 spiro atoms. The fourth-order valence-electron chi connectivity index (χ4n) is 3.05. The molecule has 6 nitrogen and oxygen atoms in total. The third kappa shape index (κ3) is 4.59. The normalized spacial score (nSPS) is 17.2. The van der Waals surface area contributed by atoms with Crippen LogP contribution in [0.4, 0.5) is 5.69 Å². The van der Waals surface area contributed by atoms with Gasteiger partial charge in [0.05, 0.1) is 5.41 Å². The van der Waals surface area contributed by atoms with E-state index >= 15 is 0 Å². The Bertz CT molecular complexity index is 552. The van der Waals surface area contributed by atoms with E-state index in [2.05, 4.69) is 15.1 Å². The zero-order chi connectivity index (χ0) is 17.0. The Morgan fingerprint density at radius 1 is 1.26 bits per heavy atom. The van der Waals surface area contributed by atoms with Crippen molar-refractivity contribution in [1.82, 2.24) is 15.1 Å². The molecule has 0 atom stereocenters. The van der Waals surface area contributed by atoms with E-state index in [0.29, 0.717) is 18.0 Å². The molecule has 1 fully saturated rings. The summed E-state index contributed by atoms with van der Waals surface area (Å²) in [5, 5.41) is 12.7. The zero-order valence-corrected chi connectivity index (χ0v) is 14.3. The van der Waals surface area contributed by atoms with Gasteiger partial charge in [0.2, 0.25) is 5.91 Å². The number of nitrogens with two attached hydrogens (primary N) is 1. The third-order valence-corrected chi connectivity index (χ3v) is 4.42. The second-order valence-corrected chi connectivity index (χ2v) is 6.90. The Balaban J connectivity index is 1.87. The Morgan fingerprint density at radius 2 is 1.87 bits per heavy atom. The highest BCUT2D eigenvalue weighted by Gasteiger charge is 2.30. The maximum atomic E-state index is 11.9. The number of piperazine rings is 1. The fraction of sp³-hybridized carbons (Fsp3) is 0.588. The summed E-state index contributed by atoms with van der Waals surface area (Å²) in [6.45, 7) is 9.07. The van der Waals surface area contributed by atoms with E-state index in [4.69, 9.17) is 5.73 Å².